The summed E-state index contributed by atoms with van der Waals surface area (Å²) in [4.78, 5) is 15.6. The normalized spacial score (nSPS) is 24.2. The summed E-state index contributed by atoms with van der Waals surface area (Å²) in [6.07, 6.45) is -3.72. The van der Waals surface area contributed by atoms with Crippen molar-refractivity contribution in [3.8, 4) is 0 Å². The van der Waals surface area contributed by atoms with E-state index in [2.05, 4.69) is 20.7 Å². The van der Waals surface area contributed by atoms with Gasteiger partial charge in [0.05, 0.1) is 0 Å². The fraction of sp³-hybridized carbons (Fsp3) is 0.667. The van der Waals surface area contributed by atoms with Crippen LogP contribution in [0.1, 0.15) is 6.42 Å². The number of hydrogen-bond acceptors (Lipinski definition) is 4. The number of aromatic nitrogens is 3. The largest absolute Gasteiger partial charge is 0.404 e. The molecule has 1 aromatic rings. The Labute approximate surface area is 101 Å². The Morgan fingerprint density at radius 2 is 2.33 bits per heavy atom. The third kappa shape index (κ3) is 1.94. The number of aryl methyl sites for hydroxylation is 1. The van der Waals surface area contributed by atoms with Gasteiger partial charge in [0.25, 0.3) is 0 Å². The van der Waals surface area contributed by atoms with Gasteiger partial charge in [-0.15, -0.1) is 0 Å². The Morgan fingerprint density at radius 3 is 2.78 bits per heavy atom. The zero-order valence-corrected chi connectivity index (χ0v) is 9.58. The van der Waals surface area contributed by atoms with Crippen molar-refractivity contribution in [3.63, 3.8) is 0 Å². The predicted octanol–water partition coefficient (Wildman–Crippen LogP) is 0.296. The molecular formula is C9H12F3N5O. The summed E-state index contributed by atoms with van der Waals surface area (Å²) in [5.74, 6) is -1.10. The fourth-order valence-electron chi connectivity index (χ4n) is 1.89. The van der Waals surface area contributed by atoms with Gasteiger partial charge >= 0.3 is 6.18 Å². The number of alkyl halides is 3. The minimum atomic E-state index is -4.60. The standard InChI is InChI=1S/C9H12F3N5O/c1-17-7(14-5-15-17)16-6(18)8(9(10,11)12)2-3-13-4-8/h5,13H,2-4H2,1H3,(H,14,15,16,18). The molecule has 1 aliphatic heterocycles. The monoisotopic (exact) mass is 263 g/mol. The number of nitrogens with zero attached hydrogens (tertiary/aromatic N) is 3. The van der Waals surface area contributed by atoms with Gasteiger partial charge in [-0.2, -0.15) is 23.3 Å². The van der Waals surface area contributed by atoms with Gasteiger partial charge in [0.15, 0.2) is 5.41 Å². The maximum atomic E-state index is 13.1. The molecule has 0 aromatic carbocycles. The molecule has 0 bridgehead atoms. The minimum absolute atomic E-state index is 0.00414. The van der Waals surface area contributed by atoms with Crippen LogP contribution in [0.2, 0.25) is 0 Å². The summed E-state index contributed by atoms with van der Waals surface area (Å²) in [5, 5.41) is 8.42. The highest BCUT2D eigenvalue weighted by Gasteiger charge is 2.61. The van der Waals surface area contributed by atoms with Gasteiger partial charge in [0.1, 0.15) is 6.33 Å². The lowest BCUT2D eigenvalue weighted by Gasteiger charge is -2.28. The number of anilines is 1. The summed E-state index contributed by atoms with van der Waals surface area (Å²) < 4.78 is 40.4. The van der Waals surface area contributed by atoms with Gasteiger partial charge in [-0.1, -0.05) is 0 Å². The summed E-state index contributed by atoms with van der Waals surface area (Å²) in [5.41, 5.74) is -2.39. The molecule has 1 atom stereocenters. The Kier molecular flexibility index (Phi) is 3.01. The van der Waals surface area contributed by atoms with Gasteiger partial charge in [0.2, 0.25) is 11.9 Å². The van der Waals surface area contributed by atoms with E-state index in [1.54, 1.807) is 0 Å². The number of nitrogens with one attached hydrogen (secondary N) is 2. The molecule has 2 rings (SSSR count). The molecule has 0 saturated carbocycles. The van der Waals surface area contributed by atoms with E-state index in [0.29, 0.717) is 0 Å². The van der Waals surface area contributed by atoms with Crippen LogP contribution in [-0.2, 0) is 11.8 Å². The highest BCUT2D eigenvalue weighted by Crippen LogP contribution is 2.43. The van der Waals surface area contributed by atoms with Gasteiger partial charge in [-0.05, 0) is 13.0 Å². The Bertz CT molecular complexity index is 449. The maximum Gasteiger partial charge on any atom is 0.404 e. The SMILES string of the molecule is Cn1ncnc1NC(=O)C1(C(F)(F)F)CCNC1. The molecule has 1 fully saturated rings. The molecule has 1 aliphatic rings. The van der Waals surface area contributed by atoms with Crippen LogP contribution in [0, 0.1) is 5.41 Å². The predicted molar refractivity (Wildman–Crippen MR) is 55.6 cm³/mol. The van der Waals surface area contributed by atoms with Crippen LogP contribution in [0.4, 0.5) is 19.1 Å². The highest BCUT2D eigenvalue weighted by atomic mass is 19.4. The van der Waals surface area contributed by atoms with E-state index in [4.69, 9.17) is 0 Å². The average Bonchev–Trinajstić information content (AvgIpc) is 2.87. The van der Waals surface area contributed by atoms with E-state index in [-0.39, 0.29) is 18.9 Å². The smallest absolute Gasteiger partial charge is 0.315 e. The molecule has 100 valence electrons. The molecule has 0 aliphatic carbocycles. The van der Waals surface area contributed by atoms with E-state index < -0.39 is 24.0 Å². The molecule has 1 unspecified atom stereocenters. The van der Waals surface area contributed by atoms with Crippen molar-refractivity contribution in [2.24, 2.45) is 12.5 Å². The molecule has 6 nitrogen and oxygen atoms in total. The van der Waals surface area contributed by atoms with Crippen molar-refractivity contribution in [2.75, 3.05) is 18.4 Å². The van der Waals surface area contributed by atoms with Crippen molar-refractivity contribution in [3.05, 3.63) is 6.33 Å². The Balaban J connectivity index is 2.23. The second-order valence-electron chi connectivity index (χ2n) is 4.17. The maximum absolute atomic E-state index is 13.1. The third-order valence-corrected chi connectivity index (χ3v) is 3.07. The number of amides is 1. The lowest BCUT2D eigenvalue weighted by Crippen LogP contribution is -2.49. The van der Waals surface area contributed by atoms with Gasteiger partial charge in [0, 0.05) is 13.6 Å². The Hall–Kier alpha value is -1.64. The molecule has 0 radical (unpaired) electrons. The van der Waals surface area contributed by atoms with E-state index in [0.717, 1.165) is 6.33 Å². The lowest BCUT2D eigenvalue weighted by atomic mass is 9.85. The number of carbonyl (C=O) groups is 1. The molecule has 18 heavy (non-hydrogen) atoms. The molecular weight excluding hydrogens is 251 g/mol. The van der Waals surface area contributed by atoms with Crippen molar-refractivity contribution < 1.29 is 18.0 Å². The molecule has 9 heteroatoms. The number of rotatable bonds is 2. The summed E-state index contributed by atoms with van der Waals surface area (Å²) >= 11 is 0. The lowest BCUT2D eigenvalue weighted by molar-refractivity contribution is -0.213. The van der Waals surface area contributed by atoms with Crippen LogP contribution in [0.5, 0.6) is 0 Å². The quantitative estimate of drug-likeness (QED) is 0.804. The molecule has 2 heterocycles. The zero-order valence-electron chi connectivity index (χ0n) is 9.58. The number of carbonyl (C=O) groups excluding carboxylic acids is 1. The number of hydrogen-bond donors (Lipinski definition) is 2. The first-order valence-electron chi connectivity index (χ1n) is 5.30. The second kappa shape index (κ2) is 4.23. The molecule has 1 amide bonds. The molecule has 2 N–H and O–H groups in total. The second-order valence-corrected chi connectivity index (χ2v) is 4.17. The van der Waals surface area contributed by atoms with E-state index in [1.807, 2.05) is 0 Å². The average molecular weight is 263 g/mol. The van der Waals surface area contributed by atoms with Crippen LogP contribution in [-0.4, -0.2) is 39.9 Å². The van der Waals surface area contributed by atoms with Crippen LogP contribution in [0.15, 0.2) is 6.33 Å². The van der Waals surface area contributed by atoms with Gasteiger partial charge < -0.3 is 5.32 Å². The molecule has 1 aromatic heterocycles. The first kappa shape index (κ1) is 12.8. The Morgan fingerprint density at radius 1 is 1.61 bits per heavy atom. The van der Waals surface area contributed by atoms with Crippen LogP contribution in [0.3, 0.4) is 0 Å². The first-order valence-corrected chi connectivity index (χ1v) is 5.30. The summed E-state index contributed by atoms with van der Waals surface area (Å²) in [6, 6.07) is 0. The molecule has 1 saturated heterocycles. The fourth-order valence-corrected chi connectivity index (χ4v) is 1.89. The van der Waals surface area contributed by atoms with Crippen molar-refractivity contribution in [1.82, 2.24) is 20.1 Å². The molecule has 0 spiro atoms. The third-order valence-electron chi connectivity index (χ3n) is 3.07. The number of halogens is 3. The van der Waals surface area contributed by atoms with Crippen LogP contribution in [0.25, 0.3) is 0 Å². The first-order chi connectivity index (χ1) is 8.37. The topological polar surface area (TPSA) is 71.8 Å². The van der Waals surface area contributed by atoms with E-state index >= 15 is 0 Å². The van der Waals surface area contributed by atoms with Crippen LogP contribution < -0.4 is 10.6 Å². The highest BCUT2D eigenvalue weighted by molar-refractivity contribution is 5.95. The van der Waals surface area contributed by atoms with Crippen molar-refractivity contribution in [1.29, 1.82) is 0 Å². The van der Waals surface area contributed by atoms with Crippen molar-refractivity contribution >= 4 is 11.9 Å². The van der Waals surface area contributed by atoms with Crippen LogP contribution >= 0.6 is 0 Å². The van der Waals surface area contributed by atoms with Gasteiger partial charge in [-0.3, -0.25) is 10.1 Å². The summed E-state index contributed by atoms with van der Waals surface area (Å²) in [6.45, 7) is -0.258. The summed E-state index contributed by atoms with van der Waals surface area (Å²) in [7, 11) is 1.48. The van der Waals surface area contributed by atoms with E-state index in [1.165, 1.54) is 11.7 Å². The van der Waals surface area contributed by atoms with Gasteiger partial charge in [-0.25, -0.2) is 4.68 Å². The van der Waals surface area contributed by atoms with E-state index in [9.17, 15) is 18.0 Å². The zero-order chi connectivity index (χ0) is 13.4. The van der Waals surface area contributed by atoms with Crippen molar-refractivity contribution in [2.45, 2.75) is 12.6 Å². The minimum Gasteiger partial charge on any atom is -0.315 e.